The molecule has 1 heterocycles. The molecule has 0 aliphatic carbocycles. The van der Waals surface area contributed by atoms with Gasteiger partial charge >= 0.3 is 0 Å². The molecule has 21 heavy (non-hydrogen) atoms. The van der Waals surface area contributed by atoms with E-state index in [-0.39, 0.29) is 5.82 Å². The highest BCUT2D eigenvalue weighted by molar-refractivity contribution is 5.34. The summed E-state index contributed by atoms with van der Waals surface area (Å²) in [6.45, 7) is 2.24. The van der Waals surface area contributed by atoms with Gasteiger partial charge in [0.25, 0.3) is 0 Å². The predicted octanol–water partition coefficient (Wildman–Crippen LogP) is 1.87. The molecule has 2 rings (SSSR count). The Balaban J connectivity index is 1.99. The zero-order valence-corrected chi connectivity index (χ0v) is 12.3. The smallest absolute Gasteiger partial charge is 0.130 e. The van der Waals surface area contributed by atoms with Gasteiger partial charge in [-0.15, -0.1) is 0 Å². The van der Waals surface area contributed by atoms with Crippen molar-refractivity contribution in [3.63, 3.8) is 0 Å². The third-order valence-electron chi connectivity index (χ3n) is 3.11. The van der Waals surface area contributed by atoms with Gasteiger partial charge in [0.1, 0.15) is 18.2 Å². The molecule has 2 aromatic rings. The van der Waals surface area contributed by atoms with Crippen molar-refractivity contribution in [3.8, 4) is 5.75 Å². The van der Waals surface area contributed by atoms with Crippen LogP contribution in [0.2, 0.25) is 0 Å². The molecule has 1 aromatic carbocycles. The van der Waals surface area contributed by atoms with Crippen LogP contribution < -0.4 is 10.1 Å². The molecule has 0 aliphatic rings. The molecule has 6 heteroatoms. The second-order valence-electron chi connectivity index (χ2n) is 4.71. The topological polar surface area (TPSA) is 48.3 Å². The van der Waals surface area contributed by atoms with Crippen LogP contribution in [0.4, 0.5) is 4.39 Å². The molecule has 0 amide bonds. The monoisotopic (exact) mass is 293 g/mol. The van der Waals surface area contributed by atoms with Gasteiger partial charge in [0.2, 0.25) is 0 Å². The maximum Gasteiger partial charge on any atom is 0.130 e. The number of hydrogen-bond acceptors (Lipinski definition) is 4. The van der Waals surface area contributed by atoms with Crippen LogP contribution in [0.5, 0.6) is 5.75 Å². The fraction of sp³-hybridized carbons (Fsp3) is 0.400. The van der Waals surface area contributed by atoms with E-state index in [0.29, 0.717) is 32.1 Å². The minimum Gasteiger partial charge on any atom is -0.487 e. The van der Waals surface area contributed by atoms with Crippen molar-refractivity contribution in [2.45, 2.75) is 13.2 Å². The van der Waals surface area contributed by atoms with Gasteiger partial charge in [0.15, 0.2) is 0 Å². The van der Waals surface area contributed by atoms with Gasteiger partial charge in [-0.1, -0.05) is 0 Å². The quantitative estimate of drug-likeness (QED) is 0.755. The molecule has 1 N–H and O–H groups in total. The molecular formula is C15H20FN3O2. The molecule has 0 spiro atoms. The Bertz CT molecular complexity index is 572. The lowest BCUT2D eigenvalue weighted by molar-refractivity contribution is 0.199. The summed E-state index contributed by atoms with van der Waals surface area (Å²) in [4.78, 5) is 4.04. The van der Waals surface area contributed by atoms with E-state index < -0.39 is 0 Å². The van der Waals surface area contributed by atoms with Gasteiger partial charge in [0.05, 0.1) is 24.8 Å². The molecule has 1 aromatic heterocycles. The standard InChI is InChI=1S/C15H20FN3O2/c1-19-11-18-9-14(19)10-21-15-4-3-13(16)7-12(15)8-17-5-6-20-2/h3-4,7,9,11,17H,5-6,8,10H2,1-2H3. The summed E-state index contributed by atoms with van der Waals surface area (Å²) >= 11 is 0. The Morgan fingerprint density at radius 2 is 2.24 bits per heavy atom. The van der Waals surface area contributed by atoms with E-state index in [9.17, 15) is 4.39 Å². The zero-order valence-electron chi connectivity index (χ0n) is 12.3. The number of aromatic nitrogens is 2. The predicted molar refractivity (Wildman–Crippen MR) is 77.5 cm³/mol. The van der Waals surface area contributed by atoms with E-state index in [1.54, 1.807) is 25.7 Å². The first-order valence-electron chi connectivity index (χ1n) is 6.77. The highest BCUT2D eigenvalue weighted by atomic mass is 19.1. The first-order valence-corrected chi connectivity index (χ1v) is 6.77. The van der Waals surface area contributed by atoms with Gasteiger partial charge in [-0.2, -0.15) is 0 Å². The second-order valence-corrected chi connectivity index (χ2v) is 4.71. The molecule has 0 saturated heterocycles. The number of aryl methyl sites for hydroxylation is 1. The van der Waals surface area contributed by atoms with Crippen LogP contribution in [0.1, 0.15) is 11.3 Å². The Hall–Kier alpha value is -1.92. The Kier molecular flexibility index (Phi) is 5.71. The summed E-state index contributed by atoms with van der Waals surface area (Å²) in [5.74, 6) is 0.397. The van der Waals surface area contributed by atoms with E-state index >= 15 is 0 Å². The molecule has 0 radical (unpaired) electrons. The third-order valence-corrected chi connectivity index (χ3v) is 3.11. The summed E-state index contributed by atoms with van der Waals surface area (Å²) in [6.07, 6.45) is 3.47. The molecule has 0 fully saturated rings. The Labute approximate surface area is 123 Å². The van der Waals surface area contributed by atoms with Gasteiger partial charge in [-0.3, -0.25) is 0 Å². The first-order chi connectivity index (χ1) is 10.2. The van der Waals surface area contributed by atoms with Crippen molar-refractivity contribution in [2.75, 3.05) is 20.3 Å². The number of halogens is 1. The summed E-state index contributed by atoms with van der Waals surface area (Å²) < 4.78 is 26.0. The average molecular weight is 293 g/mol. The summed E-state index contributed by atoms with van der Waals surface area (Å²) in [6, 6.07) is 4.54. The fourth-order valence-corrected chi connectivity index (χ4v) is 1.90. The summed E-state index contributed by atoms with van der Waals surface area (Å²) in [5, 5.41) is 3.19. The van der Waals surface area contributed by atoms with Crippen LogP contribution in [0.25, 0.3) is 0 Å². The van der Waals surface area contributed by atoms with Crippen molar-refractivity contribution in [3.05, 3.63) is 47.8 Å². The van der Waals surface area contributed by atoms with Gasteiger partial charge in [-0.25, -0.2) is 9.37 Å². The fourth-order valence-electron chi connectivity index (χ4n) is 1.90. The molecule has 0 bridgehead atoms. The maximum absolute atomic E-state index is 13.4. The number of imidazole rings is 1. The van der Waals surface area contributed by atoms with Gasteiger partial charge in [0, 0.05) is 32.8 Å². The van der Waals surface area contributed by atoms with E-state index in [1.165, 1.54) is 12.1 Å². The van der Waals surface area contributed by atoms with E-state index in [0.717, 1.165) is 11.3 Å². The number of benzene rings is 1. The maximum atomic E-state index is 13.4. The molecule has 114 valence electrons. The van der Waals surface area contributed by atoms with Crippen LogP contribution in [0.3, 0.4) is 0 Å². The third kappa shape index (κ3) is 4.54. The highest BCUT2D eigenvalue weighted by Gasteiger charge is 2.07. The summed E-state index contributed by atoms with van der Waals surface area (Å²) in [5.41, 5.74) is 1.74. The van der Waals surface area contributed by atoms with Gasteiger partial charge in [-0.05, 0) is 18.2 Å². The molecule has 0 atom stereocenters. The highest BCUT2D eigenvalue weighted by Crippen LogP contribution is 2.20. The lowest BCUT2D eigenvalue weighted by atomic mass is 10.2. The average Bonchev–Trinajstić information content (AvgIpc) is 2.88. The first kappa shape index (κ1) is 15.5. The Morgan fingerprint density at radius 3 is 2.95 bits per heavy atom. The number of hydrogen-bond donors (Lipinski definition) is 1. The largest absolute Gasteiger partial charge is 0.487 e. The number of ether oxygens (including phenoxy) is 2. The van der Waals surface area contributed by atoms with Crippen molar-refractivity contribution in [2.24, 2.45) is 7.05 Å². The van der Waals surface area contributed by atoms with E-state index in [2.05, 4.69) is 10.3 Å². The van der Waals surface area contributed by atoms with Crippen LogP contribution in [-0.2, 0) is 24.9 Å². The molecular weight excluding hydrogens is 273 g/mol. The van der Waals surface area contributed by atoms with Crippen LogP contribution in [-0.4, -0.2) is 29.8 Å². The van der Waals surface area contributed by atoms with Crippen molar-refractivity contribution in [1.29, 1.82) is 0 Å². The minimum absolute atomic E-state index is 0.272. The van der Waals surface area contributed by atoms with Gasteiger partial charge < -0.3 is 19.4 Å². The Morgan fingerprint density at radius 1 is 1.38 bits per heavy atom. The van der Waals surface area contributed by atoms with Crippen LogP contribution in [0.15, 0.2) is 30.7 Å². The molecule has 0 unspecified atom stereocenters. The summed E-state index contributed by atoms with van der Waals surface area (Å²) in [7, 11) is 3.55. The minimum atomic E-state index is -0.272. The van der Waals surface area contributed by atoms with E-state index in [4.69, 9.17) is 9.47 Å². The molecule has 0 aliphatic heterocycles. The number of rotatable bonds is 8. The molecule has 0 saturated carbocycles. The number of nitrogens with one attached hydrogen (secondary N) is 1. The van der Waals surface area contributed by atoms with Crippen LogP contribution >= 0.6 is 0 Å². The number of methoxy groups -OCH3 is 1. The van der Waals surface area contributed by atoms with Crippen molar-refractivity contribution >= 4 is 0 Å². The number of nitrogens with zero attached hydrogens (tertiary/aromatic N) is 2. The molecule has 5 nitrogen and oxygen atoms in total. The SMILES string of the molecule is COCCNCc1cc(F)ccc1OCc1cncn1C. The lowest BCUT2D eigenvalue weighted by Crippen LogP contribution is -2.19. The zero-order chi connectivity index (χ0) is 15.1. The van der Waals surface area contributed by atoms with E-state index in [1.807, 2.05) is 11.6 Å². The normalized spacial score (nSPS) is 10.8. The lowest BCUT2D eigenvalue weighted by Gasteiger charge is -2.12. The second kappa shape index (κ2) is 7.75. The van der Waals surface area contributed by atoms with Crippen molar-refractivity contribution < 1.29 is 13.9 Å². The van der Waals surface area contributed by atoms with Crippen molar-refractivity contribution in [1.82, 2.24) is 14.9 Å². The van der Waals surface area contributed by atoms with Crippen LogP contribution in [0, 0.1) is 5.82 Å².